The molecule has 3 heterocycles. The van der Waals surface area contributed by atoms with Crippen LogP contribution in [0.4, 0.5) is 0 Å². The highest BCUT2D eigenvalue weighted by atomic mass is 33.1. The van der Waals surface area contributed by atoms with Crippen molar-refractivity contribution < 1.29 is 19.8 Å². The molecule has 9 nitrogen and oxygen atoms in total. The van der Waals surface area contributed by atoms with E-state index >= 15 is 0 Å². The predicted octanol–water partition coefficient (Wildman–Crippen LogP) is 0.159. The Morgan fingerprint density at radius 3 is 2.83 bits per heavy atom. The van der Waals surface area contributed by atoms with Gasteiger partial charge in [-0.2, -0.15) is 0 Å². The number of aryl methyl sites for hydroxylation is 1. The Hall–Kier alpha value is -1.24. The minimum atomic E-state index is -1.15. The van der Waals surface area contributed by atoms with Crippen molar-refractivity contribution in [1.82, 2.24) is 25.1 Å². The zero-order chi connectivity index (χ0) is 16.7. The maximum Gasteiger partial charge on any atom is 0.353 e. The second-order valence-electron chi connectivity index (χ2n) is 5.00. The van der Waals surface area contributed by atoms with Crippen LogP contribution >= 0.6 is 33.3 Å². The number of carbonyl (C=O) groups excluding carboxylic acids is 1. The van der Waals surface area contributed by atoms with E-state index in [4.69, 9.17) is 0 Å². The van der Waals surface area contributed by atoms with E-state index in [0.717, 1.165) is 0 Å². The molecular formula is C11H13N5O4S3. The number of hydrogen-bond donors (Lipinski definition) is 2. The first kappa shape index (κ1) is 16.6. The lowest BCUT2D eigenvalue weighted by Crippen LogP contribution is -2.63. The van der Waals surface area contributed by atoms with Gasteiger partial charge >= 0.3 is 5.97 Å². The van der Waals surface area contributed by atoms with Gasteiger partial charge in [-0.15, -0.1) is 5.10 Å². The predicted molar refractivity (Wildman–Crippen MR) is 85.2 cm³/mol. The number of aliphatic hydroxyl groups is 1. The molecule has 0 unspecified atom stereocenters. The maximum atomic E-state index is 12.2. The number of carbonyl (C=O) groups is 2. The molecule has 1 aromatic heterocycles. The topological polar surface area (TPSA) is 121 Å². The van der Waals surface area contributed by atoms with Crippen LogP contribution in [0.2, 0.25) is 0 Å². The Balaban J connectivity index is 1.82. The highest BCUT2D eigenvalue weighted by Crippen LogP contribution is 2.53. The molecule has 0 bridgehead atoms. The van der Waals surface area contributed by atoms with Gasteiger partial charge in [-0.1, -0.05) is 33.3 Å². The Morgan fingerprint density at radius 2 is 2.26 bits per heavy atom. The van der Waals surface area contributed by atoms with E-state index in [1.54, 1.807) is 14.0 Å². The number of rotatable bonds is 5. The number of carboxylic acids is 1. The second-order valence-corrected chi connectivity index (χ2v) is 8.35. The molecule has 23 heavy (non-hydrogen) atoms. The molecule has 2 N–H and O–H groups in total. The molecule has 1 saturated heterocycles. The lowest BCUT2D eigenvalue weighted by atomic mass is 9.92. The van der Waals surface area contributed by atoms with Gasteiger partial charge in [0.2, 0.25) is 11.1 Å². The number of hydrogen-bond acceptors (Lipinski definition) is 9. The third-order valence-electron chi connectivity index (χ3n) is 3.47. The monoisotopic (exact) mass is 375 g/mol. The smallest absolute Gasteiger partial charge is 0.353 e. The summed E-state index contributed by atoms with van der Waals surface area (Å²) in [5, 5.41) is 30.5. The van der Waals surface area contributed by atoms with E-state index in [0.29, 0.717) is 15.8 Å². The summed E-state index contributed by atoms with van der Waals surface area (Å²) in [5.74, 6) is -1.70. The largest absolute Gasteiger partial charge is 0.477 e. The molecule has 0 aromatic carbocycles. The number of fused-ring (bicyclic) bond motifs is 1. The van der Waals surface area contributed by atoms with Crippen LogP contribution in [0.15, 0.2) is 15.8 Å². The summed E-state index contributed by atoms with van der Waals surface area (Å²) in [6, 6.07) is 0. The summed E-state index contributed by atoms with van der Waals surface area (Å²) in [4.78, 5) is 25.6. The number of amides is 1. The third kappa shape index (κ3) is 2.84. The van der Waals surface area contributed by atoms with Gasteiger partial charge in [0.25, 0.3) is 0 Å². The van der Waals surface area contributed by atoms with Crippen molar-refractivity contribution in [2.24, 2.45) is 13.0 Å². The molecular weight excluding hydrogens is 362 g/mol. The van der Waals surface area contributed by atoms with E-state index in [9.17, 15) is 19.8 Å². The minimum Gasteiger partial charge on any atom is -0.477 e. The number of nitrogens with zero attached hydrogens (tertiary/aromatic N) is 5. The van der Waals surface area contributed by atoms with E-state index in [1.165, 1.54) is 42.9 Å². The summed E-state index contributed by atoms with van der Waals surface area (Å²) in [6.07, 6.45) is -0.799. The van der Waals surface area contributed by atoms with Crippen molar-refractivity contribution in [3.05, 3.63) is 10.6 Å². The van der Waals surface area contributed by atoms with Gasteiger partial charge in [-0.25, -0.2) is 9.48 Å². The number of β-lactam (4-membered cyclic amide) rings is 1. The van der Waals surface area contributed by atoms with Crippen LogP contribution in [0.25, 0.3) is 0 Å². The van der Waals surface area contributed by atoms with Gasteiger partial charge < -0.3 is 10.2 Å². The molecule has 1 aromatic rings. The molecule has 3 rings (SSSR count). The minimum absolute atomic E-state index is 0.0109. The molecule has 3 atom stereocenters. The zero-order valence-corrected chi connectivity index (χ0v) is 14.6. The van der Waals surface area contributed by atoms with Gasteiger partial charge in [-0.3, -0.25) is 9.69 Å². The van der Waals surface area contributed by atoms with Gasteiger partial charge in [0.05, 0.1) is 12.0 Å². The quantitative estimate of drug-likeness (QED) is 0.418. The highest BCUT2D eigenvalue weighted by Gasteiger charge is 2.55. The van der Waals surface area contributed by atoms with Crippen LogP contribution in [0.5, 0.6) is 0 Å². The average Bonchev–Trinajstić information content (AvgIpc) is 2.88. The number of tetrazole rings is 1. The Morgan fingerprint density at radius 1 is 1.52 bits per heavy atom. The van der Waals surface area contributed by atoms with Crippen molar-refractivity contribution in [3.63, 3.8) is 0 Å². The lowest BCUT2D eigenvalue weighted by Gasteiger charge is -2.49. The molecule has 1 fully saturated rings. The SMILES string of the molecule is C[C@@H](O)[C@H]1C(=O)N2C(C(=O)O)=C(CSc3nnnn3C)SS[C@H]12. The Bertz CT molecular complexity index is 691. The summed E-state index contributed by atoms with van der Waals surface area (Å²) in [7, 11) is 4.41. The summed E-state index contributed by atoms with van der Waals surface area (Å²) in [6.45, 7) is 1.54. The standard InChI is InChI=1S/C11H13N5O4S3/c1-4(17)6-8(18)16-7(10(19)20)5(22-23-9(6)16)3-21-11-12-13-14-15(11)2/h4,6,9,17H,3H2,1-2H3,(H,19,20)/t4-,6+,9-/m1/s1. The van der Waals surface area contributed by atoms with Crippen molar-refractivity contribution in [2.75, 3.05) is 5.75 Å². The second kappa shape index (κ2) is 6.34. The van der Waals surface area contributed by atoms with Gasteiger partial charge in [0.15, 0.2) is 0 Å². The maximum absolute atomic E-state index is 12.2. The average molecular weight is 375 g/mol. The number of aliphatic carboxylic acids is 1. The number of aromatic nitrogens is 4. The third-order valence-corrected chi connectivity index (χ3v) is 7.51. The molecule has 1 amide bonds. The fourth-order valence-electron chi connectivity index (χ4n) is 2.34. The molecule has 2 aliphatic rings. The first-order valence-electron chi connectivity index (χ1n) is 6.58. The van der Waals surface area contributed by atoms with Crippen LogP contribution in [-0.2, 0) is 16.6 Å². The van der Waals surface area contributed by atoms with Crippen LogP contribution < -0.4 is 0 Å². The Kier molecular flexibility index (Phi) is 4.58. The lowest BCUT2D eigenvalue weighted by molar-refractivity contribution is -0.157. The summed E-state index contributed by atoms with van der Waals surface area (Å²) in [5.41, 5.74) is -0.0109. The van der Waals surface area contributed by atoms with Crippen molar-refractivity contribution in [1.29, 1.82) is 0 Å². The van der Waals surface area contributed by atoms with Gasteiger partial charge in [0, 0.05) is 17.7 Å². The molecule has 124 valence electrons. The van der Waals surface area contributed by atoms with Crippen molar-refractivity contribution >= 4 is 45.2 Å². The molecule has 12 heteroatoms. The Labute approximate surface area is 143 Å². The number of thioether (sulfide) groups is 1. The van der Waals surface area contributed by atoms with Gasteiger partial charge in [0.1, 0.15) is 11.1 Å². The van der Waals surface area contributed by atoms with E-state index < -0.39 is 18.0 Å². The van der Waals surface area contributed by atoms with Gasteiger partial charge in [-0.05, 0) is 17.4 Å². The molecule has 0 saturated carbocycles. The van der Waals surface area contributed by atoms with Crippen LogP contribution in [0, 0.1) is 5.92 Å². The summed E-state index contributed by atoms with van der Waals surface area (Å²) < 4.78 is 1.49. The highest BCUT2D eigenvalue weighted by molar-refractivity contribution is 8.78. The molecule has 0 radical (unpaired) electrons. The van der Waals surface area contributed by atoms with E-state index in [1.807, 2.05) is 0 Å². The van der Waals surface area contributed by atoms with E-state index in [-0.39, 0.29) is 17.0 Å². The molecule has 2 aliphatic heterocycles. The van der Waals surface area contributed by atoms with Crippen LogP contribution in [-0.4, -0.2) is 64.4 Å². The number of aliphatic hydroxyl groups excluding tert-OH is 1. The fraction of sp³-hybridized carbons (Fsp3) is 0.545. The van der Waals surface area contributed by atoms with Crippen LogP contribution in [0.3, 0.4) is 0 Å². The first-order chi connectivity index (χ1) is 10.9. The van der Waals surface area contributed by atoms with Crippen molar-refractivity contribution in [2.45, 2.75) is 23.6 Å². The fourth-order valence-corrected chi connectivity index (χ4v) is 6.59. The summed E-state index contributed by atoms with van der Waals surface area (Å²) >= 11 is 1.30. The zero-order valence-electron chi connectivity index (χ0n) is 12.1. The van der Waals surface area contributed by atoms with Crippen molar-refractivity contribution in [3.8, 4) is 0 Å². The molecule has 0 spiro atoms. The molecule has 0 aliphatic carbocycles. The first-order valence-corrected chi connectivity index (χ1v) is 9.77. The van der Waals surface area contributed by atoms with Crippen LogP contribution in [0.1, 0.15) is 6.92 Å². The normalized spacial score (nSPS) is 25.2. The number of carboxylic acid groups (broad SMARTS) is 1. The van der Waals surface area contributed by atoms with E-state index in [2.05, 4.69) is 15.5 Å².